The Hall–Kier alpha value is -3.61. The number of carbonyl (C=O) groups is 1. The van der Waals surface area contributed by atoms with Crippen LogP contribution in [-0.4, -0.2) is 39.6 Å². The molecule has 2 aromatic carbocycles. The number of carbonyl (C=O) groups excluding carboxylic acids is 1. The van der Waals surface area contributed by atoms with Gasteiger partial charge < -0.3 is 18.9 Å². The van der Waals surface area contributed by atoms with Crippen molar-refractivity contribution < 1.29 is 18.7 Å². The number of imidazole rings is 1. The van der Waals surface area contributed by atoms with Gasteiger partial charge in [-0.2, -0.15) is 0 Å². The van der Waals surface area contributed by atoms with Gasteiger partial charge in [-0.05, 0) is 68.2 Å². The van der Waals surface area contributed by atoms with Gasteiger partial charge in [0.05, 0.1) is 36.9 Å². The Balaban J connectivity index is 1.46. The van der Waals surface area contributed by atoms with Gasteiger partial charge in [-0.3, -0.25) is 4.79 Å². The maximum atomic E-state index is 13.5. The van der Waals surface area contributed by atoms with Crippen molar-refractivity contribution in [2.75, 3.05) is 7.11 Å². The van der Waals surface area contributed by atoms with Gasteiger partial charge in [0, 0.05) is 6.20 Å². The fourth-order valence-corrected chi connectivity index (χ4v) is 4.86. The molecule has 0 spiro atoms. The molecule has 2 aliphatic heterocycles. The van der Waals surface area contributed by atoms with E-state index in [1.165, 1.54) is 12.1 Å². The van der Waals surface area contributed by atoms with E-state index < -0.39 is 0 Å². The Kier molecular flexibility index (Phi) is 5.40. The minimum absolute atomic E-state index is 0.00564. The fraction of sp³-hybridized carbons (Fsp3) is 0.308. The van der Waals surface area contributed by atoms with Gasteiger partial charge in [0.2, 0.25) is 0 Å². The first-order valence-electron chi connectivity index (χ1n) is 11.1. The summed E-state index contributed by atoms with van der Waals surface area (Å²) < 4.78 is 27.0. The second kappa shape index (κ2) is 8.39. The highest BCUT2D eigenvalue weighted by Crippen LogP contribution is 2.42. The third-order valence-electron chi connectivity index (χ3n) is 6.48. The summed E-state index contributed by atoms with van der Waals surface area (Å²) in [4.78, 5) is 19.7. The van der Waals surface area contributed by atoms with Crippen LogP contribution >= 0.6 is 0 Å². The molecule has 170 valence electrons. The molecule has 6 nitrogen and oxygen atoms in total. The van der Waals surface area contributed by atoms with Crippen LogP contribution in [0.3, 0.4) is 0 Å². The Bertz CT molecular complexity index is 1220. The fourth-order valence-electron chi connectivity index (χ4n) is 4.86. The van der Waals surface area contributed by atoms with Crippen LogP contribution in [0.15, 0.2) is 60.7 Å². The summed E-state index contributed by atoms with van der Waals surface area (Å²) in [6, 6.07) is 12.1. The van der Waals surface area contributed by atoms with Crippen molar-refractivity contribution in [3.8, 4) is 11.4 Å². The Morgan fingerprint density at radius 2 is 1.97 bits per heavy atom. The molecule has 0 aliphatic carbocycles. The number of halogens is 1. The van der Waals surface area contributed by atoms with E-state index in [2.05, 4.69) is 4.98 Å². The highest BCUT2D eigenvalue weighted by Gasteiger charge is 2.46. The number of ether oxygens (including phenoxy) is 2. The molecule has 0 bridgehead atoms. The molecule has 1 aromatic heterocycles. The molecule has 5 rings (SSSR count). The molecule has 3 atom stereocenters. The normalized spacial score (nSPS) is 23.5. The van der Waals surface area contributed by atoms with Crippen molar-refractivity contribution in [3.05, 3.63) is 83.4 Å². The summed E-state index contributed by atoms with van der Waals surface area (Å²) in [6.45, 7) is 3.93. The van der Waals surface area contributed by atoms with Crippen molar-refractivity contribution >= 4 is 12.0 Å². The predicted molar refractivity (Wildman–Crippen MR) is 122 cm³/mol. The number of aryl methyl sites for hydroxylation is 1. The van der Waals surface area contributed by atoms with Gasteiger partial charge >= 0.3 is 0 Å². The highest BCUT2D eigenvalue weighted by molar-refractivity contribution is 5.97. The zero-order chi connectivity index (χ0) is 23.1. The lowest BCUT2D eigenvalue weighted by molar-refractivity contribution is -0.144. The number of hydrogen-bond acceptors (Lipinski definition) is 4. The monoisotopic (exact) mass is 447 g/mol. The topological polar surface area (TPSA) is 56.6 Å². The second-order valence-electron chi connectivity index (χ2n) is 8.61. The maximum Gasteiger partial charge on any atom is 0.289 e. The number of benzene rings is 2. The van der Waals surface area contributed by atoms with E-state index in [0.717, 1.165) is 35.3 Å². The molecular formula is C26H26FN3O3. The van der Waals surface area contributed by atoms with E-state index in [0.29, 0.717) is 11.5 Å². The standard InChI is InChI=1S/C26H26FN3O3/c1-16-14-29(15-28-16)23-9-4-18(12-24(23)32-3)13-25-26(31)30-21(17(2)33-25)10-11-22(30)19-5-7-20(27)8-6-19/h4-9,12-15,17,21-22H,10-11H2,1-3H3/b25-13-/t17-,21-,22+/m1/s1. The van der Waals surface area contributed by atoms with Crippen molar-refractivity contribution in [2.24, 2.45) is 0 Å². The van der Waals surface area contributed by atoms with Crippen LogP contribution in [0.2, 0.25) is 0 Å². The number of fused-ring (bicyclic) bond motifs is 1. The number of hydrogen-bond donors (Lipinski definition) is 0. The predicted octanol–water partition coefficient (Wildman–Crippen LogP) is 4.82. The van der Waals surface area contributed by atoms with Crippen LogP contribution in [0.25, 0.3) is 11.8 Å². The first-order valence-corrected chi connectivity index (χ1v) is 11.1. The van der Waals surface area contributed by atoms with E-state index in [4.69, 9.17) is 9.47 Å². The maximum absolute atomic E-state index is 13.5. The first-order chi connectivity index (χ1) is 15.9. The van der Waals surface area contributed by atoms with E-state index in [1.54, 1.807) is 31.6 Å². The van der Waals surface area contributed by atoms with E-state index in [-0.39, 0.29) is 29.9 Å². The number of amides is 1. The summed E-state index contributed by atoms with van der Waals surface area (Å²) in [5.74, 6) is 0.555. The molecule has 3 aromatic rings. The second-order valence-corrected chi connectivity index (χ2v) is 8.61. The molecule has 0 N–H and O–H groups in total. The van der Waals surface area contributed by atoms with Gasteiger partial charge in [0.15, 0.2) is 5.76 Å². The van der Waals surface area contributed by atoms with Crippen molar-refractivity contribution in [1.29, 1.82) is 0 Å². The van der Waals surface area contributed by atoms with Crippen LogP contribution in [0.4, 0.5) is 4.39 Å². The zero-order valence-electron chi connectivity index (χ0n) is 18.9. The Labute approximate surface area is 192 Å². The molecule has 0 unspecified atom stereocenters. The average molecular weight is 448 g/mol. The van der Waals surface area contributed by atoms with Gasteiger partial charge in [-0.25, -0.2) is 9.37 Å². The van der Waals surface area contributed by atoms with Crippen LogP contribution < -0.4 is 4.74 Å². The number of methoxy groups -OCH3 is 1. The lowest BCUT2D eigenvalue weighted by Gasteiger charge is -2.39. The Morgan fingerprint density at radius 3 is 2.67 bits per heavy atom. The van der Waals surface area contributed by atoms with E-state index in [9.17, 15) is 9.18 Å². The van der Waals surface area contributed by atoms with Crippen LogP contribution in [0.1, 0.15) is 42.6 Å². The first kappa shape index (κ1) is 21.2. The molecule has 2 fully saturated rings. The molecule has 1 amide bonds. The van der Waals surface area contributed by atoms with Gasteiger partial charge in [-0.15, -0.1) is 0 Å². The molecule has 7 heteroatoms. The van der Waals surface area contributed by atoms with Crippen molar-refractivity contribution in [3.63, 3.8) is 0 Å². The third kappa shape index (κ3) is 3.88. The molecule has 3 heterocycles. The number of morpholine rings is 1. The minimum atomic E-state index is -0.279. The smallest absolute Gasteiger partial charge is 0.289 e. The lowest BCUT2D eigenvalue weighted by atomic mass is 10.0. The molecule has 0 saturated carbocycles. The van der Waals surface area contributed by atoms with Gasteiger partial charge in [-0.1, -0.05) is 18.2 Å². The number of nitrogens with zero attached hydrogens (tertiary/aromatic N) is 3. The lowest BCUT2D eigenvalue weighted by Crippen LogP contribution is -2.49. The summed E-state index contributed by atoms with van der Waals surface area (Å²) in [5, 5.41) is 0. The molecular weight excluding hydrogens is 421 g/mol. The largest absolute Gasteiger partial charge is 0.495 e. The summed E-state index contributed by atoms with van der Waals surface area (Å²) in [6.07, 6.45) is 6.98. The molecule has 0 radical (unpaired) electrons. The molecule has 2 saturated heterocycles. The minimum Gasteiger partial charge on any atom is -0.495 e. The highest BCUT2D eigenvalue weighted by atomic mass is 19.1. The molecule has 33 heavy (non-hydrogen) atoms. The van der Waals surface area contributed by atoms with E-state index in [1.807, 2.05) is 47.7 Å². The third-order valence-corrected chi connectivity index (χ3v) is 6.48. The summed E-state index contributed by atoms with van der Waals surface area (Å²) in [7, 11) is 1.62. The summed E-state index contributed by atoms with van der Waals surface area (Å²) in [5.41, 5.74) is 3.52. The van der Waals surface area contributed by atoms with Crippen LogP contribution in [-0.2, 0) is 9.53 Å². The van der Waals surface area contributed by atoms with Crippen molar-refractivity contribution in [2.45, 2.75) is 44.9 Å². The van der Waals surface area contributed by atoms with E-state index >= 15 is 0 Å². The van der Waals surface area contributed by atoms with Crippen LogP contribution in [0, 0.1) is 12.7 Å². The number of aromatic nitrogens is 2. The molecule has 2 aliphatic rings. The SMILES string of the molecule is COc1cc(/C=C2\O[C@H](C)[C@H]3CC[C@@H](c4ccc(F)cc4)N3C2=O)ccc1-n1cnc(C)c1. The van der Waals surface area contributed by atoms with Crippen molar-refractivity contribution in [1.82, 2.24) is 14.5 Å². The Morgan fingerprint density at radius 1 is 1.18 bits per heavy atom. The van der Waals surface area contributed by atoms with Gasteiger partial charge in [0.1, 0.15) is 17.7 Å². The van der Waals surface area contributed by atoms with Crippen LogP contribution in [0.5, 0.6) is 5.75 Å². The van der Waals surface area contributed by atoms with Gasteiger partial charge in [0.25, 0.3) is 5.91 Å². The quantitative estimate of drug-likeness (QED) is 0.538. The average Bonchev–Trinajstić information content (AvgIpc) is 3.45. The zero-order valence-corrected chi connectivity index (χ0v) is 18.9. The number of rotatable bonds is 4. The summed E-state index contributed by atoms with van der Waals surface area (Å²) >= 11 is 0.